The molecule has 0 amide bonds. The lowest BCUT2D eigenvalue weighted by Crippen LogP contribution is -2.04. The first kappa shape index (κ1) is 13.1. The molecule has 0 fully saturated rings. The Bertz CT molecular complexity index is 246. The molecule has 0 spiro atoms. The number of hydrogen-bond donors (Lipinski definition) is 1. The molecule has 0 heterocycles. The molecule has 0 aliphatic carbocycles. The maximum absolute atomic E-state index is 5.54. The fraction of sp³-hybridized carbons (Fsp3) is 0.455. The van der Waals surface area contributed by atoms with E-state index in [0.29, 0.717) is 5.92 Å². The third-order valence-corrected chi connectivity index (χ3v) is 1.73. The zero-order valence-electron chi connectivity index (χ0n) is 8.91. The van der Waals surface area contributed by atoms with Gasteiger partial charge in [0.05, 0.1) is 6.61 Å². The Morgan fingerprint density at radius 1 is 1.21 bits per heavy atom. The maximum atomic E-state index is 5.54. The highest BCUT2D eigenvalue weighted by atomic mass is 35.5. The molecule has 14 heavy (non-hydrogen) atoms. The molecule has 0 aromatic heterocycles. The van der Waals surface area contributed by atoms with Gasteiger partial charge in [-0.2, -0.15) is 0 Å². The predicted molar refractivity (Wildman–Crippen MR) is 63.6 cm³/mol. The van der Waals surface area contributed by atoms with Crippen molar-refractivity contribution in [2.45, 2.75) is 13.8 Å². The second kappa shape index (κ2) is 6.55. The van der Waals surface area contributed by atoms with Crippen molar-refractivity contribution in [1.82, 2.24) is 0 Å². The van der Waals surface area contributed by atoms with Crippen LogP contribution in [0.5, 0.6) is 5.75 Å². The number of rotatable bonds is 4. The minimum atomic E-state index is 0. The Morgan fingerprint density at radius 3 is 2.21 bits per heavy atom. The molecule has 1 aromatic rings. The molecule has 80 valence electrons. The summed E-state index contributed by atoms with van der Waals surface area (Å²) < 4.78 is 5.54. The van der Waals surface area contributed by atoms with Gasteiger partial charge in [0, 0.05) is 12.7 Å². The molecule has 0 bridgehead atoms. The molecule has 1 rings (SSSR count). The van der Waals surface area contributed by atoms with Gasteiger partial charge in [0.15, 0.2) is 0 Å². The van der Waals surface area contributed by atoms with E-state index in [1.165, 1.54) is 0 Å². The van der Waals surface area contributed by atoms with Crippen molar-refractivity contribution < 1.29 is 4.74 Å². The third-order valence-electron chi connectivity index (χ3n) is 1.73. The fourth-order valence-electron chi connectivity index (χ4n) is 0.981. The molecule has 1 aromatic carbocycles. The number of hydrogen-bond acceptors (Lipinski definition) is 2. The van der Waals surface area contributed by atoms with Gasteiger partial charge in [-0.3, -0.25) is 0 Å². The van der Waals surface area contributed by atoms with Crippen LogP contribution in [0.15, 0.2) is 24.3 Å². The highest BCUT2D eigenvalue weighted by Gasteiger charge is 1.96. The smallest absolute Gasteiger partial charge is 0.119 e. The average molecular weight is 216 g/mol. The maximum Gasteiger partial charge on any atom is 0.119 e. The summed E-state index contributed by atoms with van der Waals surface area (Å²) in [4.78, 5) is 0. The van der Waals surface area contributed by atoms with Gasteiger partial charge in [-0.25, -0.2) is 0 Å². The van der Waals surface area contributed by atoms with Crippen LogP contribution in [-0.2, 0) is 0 Å². The Hall–Kier alpha value is -0.890. The molecule has 0 saturated carbocycles. The first-order valence-electron chi connectivity index (χ1n) is 4.63. The van der Waals surface area contributed by atoms with Crippen molar-refractivity contribution >= 4 is 18.1 Å². The van der Waals surface area contributed by atoms with Crippen LogP contribution in [0.1, 0.15) is 13.8 Å². The quantitative estimate of drug-likeness (QED) is 0.833. The number of halogens is 1. The van der Waals surface area contributed by atoms with Gasteiger partial charge in [0.2, 0.25) is 0 Å². The topological polar surface area (TPSA) is 21.3 Å². The minimum Gasteiger partial charge on any atom is -0.493 e. The van der Waals surface area contributed by atoms with Crippen molar-refractivity contribution in [3.63, 3.8) is 0 Å². The average Bonchev–Trinajstić information content (AvgIpc) is 2.15. The predicted octanol–water partition coefficient (Wildman–Crippen LogP) is 3.18. The normalized spacial score (nSPS) is 9.43. The first-order chi connectivity index (χ1) is 6.22. The van der Waals surface area contributed by atoms with Crippen LogP contribution in [0.3, 0.4) is 0 Å². The SMILES string of the molecule is CNc1ccc(OCC(C)C)cc1.Cl. The highest BCUT2D eigenvalue weighted by Crippen LogP contribution is 2.15. The third kappa shape index (κ3) is 4.38. The van der Waals surface area contributed by atoms with E-state index in [2.05, 4.69) is 19.2 Å². The molecule has 1 N–H and O–H groups in total. The molecular weight excluding hydrogens is 198 g/mol. The lowest BCUT2D eigenvalue weighted by atomic mass is 10.2. The van der Waals surface area contributed by atoms with E-state index in [4.69, 9.17) is 4.74 Å². The van der Waals surface area contributed by atoms with Crippen LogP contribution in [0, 0.1) is 5.92 Å². The van der Waals surface area contributed by atoms with Gasteiger partial charge >= 0.3 is 0 Å². The minimum absolute atomic E-state index is 0. The summed E-state index contributed by atoms with van der Waals surface area (Å²) >= 11 is 0. The van der Waals surface area contributed by atoms with Gasteiger partial charge in [0.1, 0.15) is 5.75 Å². The summed E-state index contributed by atoms with van der Waals surface area (Å²) in [5, 5.41) is 3.06. The number of nitrogens with one attached hydrogen (secondary N) is 1. The fourth-order valence-corrected chi connectivity index (χ4v) is 0.981. The van der Waals surface area contributed by atoms with Crippen LogP contribution in [0.25, 0.3) is 0 Å². The molecule has 0 radical (unpaired) electrons. The van der Waals surface area contributed by atoms with Crippen molar-refractivity contribution in [3.8, 4) is 5.75 Å². The van der Waals surface area contributed by atoms with Crippen molar-refractivity contribution in [1.29, 1.82) is 0 Å². The summed E-state index contributed by atoms with van der Waals surface area (Å²) in [5.74, 6) is 1.51. The van der Waals surface area contributed by atoms with Crippen molar-refractivity contribution in [2.24, 2.45) is 5.92 Å². The summed E-state index contributed by atoms with van der Waals surface area (Å²) in [6.45, 7) is 5.06. The standard InChI is InChI=1S/C11H17NO.ClH/c1-9(2)8-13-11-6-4-10(12-3)5-7-11;/h4-7,9,12H,8H2,1-3H3;1H. The number of anilines is 1. The summed E-state index contributed by atoms with van der Waals surface area (Å²) in [7, 11) is 1.91. The highest BCUT2D eigenvalue weighted by molar-refractivity contribution is 5.85. The second-order valence-corrected chi connectivity index (χ2v) is 3.48. The molecule has 0 aliphatic heterocycles. The second-order valence-electron chi connectivity index (χ2n) is 3.48. The van der Waals surface area contributed by atoms with Crippen molar-refractivity contribution in [2.75, 3.05) is 19.0 Å². The lowest BCUT2D eigenvalue weighted by molar-refractivity contribution is 0.271. The van der Waals surface area contributed by atoms with E-state index in [1.54, 1.807) is 0 Å². The van der Waals surface area contributed by atoms with Gasteiger partial charge in [-0.1, -0.05) is 13.8 Å². The molecular formula is C11H18ClNO. The largest absolute Gasteiger partial charge is 0.493 e. The first-order valence-corrected chi connectivity index (χ1v) is 4.63. The zero-order chi connectivity index (χ0) is 9.68. The van der Waals surface area contributed by atoms with Crippen molar-refractivity contribution in [3.05, 3.63) is 24.3 Å². The van der Waals surface area contributed by atoms with E-state index in [1.807, 2.05) is 31.3 Å². The monoisotopic (exact) mass is 215 g/mol. The Balaban J connectivity index is 0.00000169. The Labute approximate surface area is 92.1 Å². The molecule has 0 aliphatic rings. The summed E-state index contributed by atoms with van der Waals surface area (Å²) in [5.41, 5.74) is 1.11. The van der Waals surface area contributed by atoms with Crippen LogP contribution < -0.4 is 10.1 Å². The van der Waals surface area contributed by atoms with E-state index in [9.17, 15) is 0 Å². The van der Waals surface area contributed by atoms with Gasteiger partial charge < -0.3 is 10.1 Å². The zero-order valence-corrected chi connectivity index (χ0v) is 9.73. The summed E-state index contributed by atoms with van der Waals surface area (Å²) in [6.07, 6.45) is 0. The van der Waals surface area contributed by atoms with Crippen LogP contribution in [-0.4, -0.2) is 13.7 Å². The Kier molecular flexibility index (Phi) is 6.13. The van der Waals surface area contributed by atoms with Crippen LogP contribution in [0.2, 0.25) is 0 Å². The van der Waals surface area contributed by atoms with Gasteiger partial charge in [-0.15, -0.1) is 12.4 Å². The van der Waals surface area contributed by atoms with E-state index in [0.717, 1.165) is 18.0 Å². The molecule has 3 heteroatoms. The van der Waals surface area contributed by atoms with Gasteiger partial charge in [0.25, 0.3) is 0 Å². The molecule has 0 unspecified atom stereocenters. The van der Waals surface area contributed by atoms with E-state index in [-0.39, 0.29) is 12.4 Å². The van der Waals surface area contributed by atoms with Gasteiger partial charge in [-0.05, 0) is 30.2 Å². The number of ether oxygens (including phenoxy) is 1. The Morgan fingerprint density at radius 2 is 1.79 bits per heavy atom. The lowest BCUT2D eigenvalue weighted by Gasteiger charge is -2.08. The number of benzene rings is 1. The van der Waals surface area contributed by atoms with E-state index < -0.39 is 0 Å². The molecule has 0 saturated heterocycles. The summed E-state index contributed by atoms with van der Waals surface area (Å²) in [6, 6.07) is 7.98. The van der Waals surface area contributed by atoms with Crippen LogP contribution >= 0.6 is 12.4 Å². The van der Waals surface area contributed by atoms with Crippen LogP contribution in [0.4, 0.5) is 5.69 Å². The molecule has 0 atom stereocenters. The van der Waals surface area contributed by atoms with E-state index >= 15 is 0 Å². The molecule has 2 nitrogen and oxygen atoms in total.